The van der Waals surface area contributed by atoms with Gasteiger partial charge in [0, 0.05) is 24.6 Å². The van der Waals surface area contributed by atoms with Crippen LogP contribution in [0.15, 0.2) is 30.7 Å². The summed E-state index contributed by atoms with van der Waals surface area (Å²) in [5, 5.41) is 0. The van der Waals surface area contributed by atoms with E-state index in [1.807, 2.05) is 26.0 Å². The lowest BCUT2D eigenvalue weighted by molar-refractivity contribution is -0.0230. The average Bonchev–Trinajstić information content (AvgIpc) is 2.55. The minimum absolute atomic E-state index is 0.105. The van der Waals surface area contributed by atoms with Crippen LogP contribution in [0, 0.1) is 13.8 Å². The maximum Gasteiger partial charge on any atom is 0.274 e. The number of ether oxygens (including phenoxy) is 1. The van der Waals surface area contributed by atoms with Crippen molar-refractivity contribution in [1.82, 2.24) is 19.9 Å². The summed E-state index contributed by atoms with van der Waals surface area (Å²) in [5.74, 6) is -0.105. The molecule has 2 aromatic rings. The van der Waals surface area contributed by atoms with Crippen LogP contribution in [0.25, 0.3) is 0 Å². The first-order chi connectivity index (χ1) is 10.6. The number of pyridine rings is 1. The Balaban J connectivity index is 1.75. The van der Waals surface area contributed by atoms with Gasteiger partial charge in [-0.15, -0.1) is 0 Å². The van der Waals surface area contributed by atoms with E-state index in [9.17, 15) is 4.79 Å². The van der Waals surface area contributed by atoms with Gasteiger partial charge in [-0.2, -0.15) is 0 Å². The number of rotatable bonds is 2. The number of aromatic nitrogens is 3. The van der Waals surface area contributed by atoms with Gasteiger partial charge in [0.05, 0.1) is 25.0 Å². The second kappa shape index (κ2) is 6.19. The summed E-state index contributed by atoms with van der Waals surface area (Å²) >= 11 is 0. The summed E-state index contributed by atoms with van der Waals surface area (Å²) < 4.78 is 5.80. The van der Waals surface area contributed by atoms with Gasteiger partial charge < -0.3 is 9.64 Å². The molecule has 1 unspecified atom stereocenters. The summed E-state index contributed by atoms with van der Waals surface area (Å²) in [6, 6.07) is 3.92. The van der Waals surface area contributed by atoms with Crippen molar-refractivity contribution in [3.63, 3.8) is 0 Å². The topological polar surface area (TPSA) is 68.2 Å². The van der Waals surface area contributed by atoms with Crippen molar-refractivity contribution in [2.24, 2.45) is 0 Å². The molecule has 0 N–H and O–H groups in total. The van der Waals surface area contributed by atoms with Crippen LogP contribution in [0.3, 0.4) is 0 Å². The zero-order valence-electron chi connectivity index (χ0n) is 12.7. The smallest absolute Gasteiger partial charge is 0.274 e. The van der Waals surface area contributed by atoms with Gasteiger partial charge in [-0.25, -0.2) is 4.98 Å². The van der Waals surface area contributed by atoms with E-state index in [4.69, 9.17) is 4.74 Å². The highest BCUT2D eigenvalue weighted by Gasteiger charge is 2.27. The molecule has 0 radical (unpaired) electrons. The molecule has 0 aliphatic carbocycles. The Morgan fingerprint density at radius 3 is 2.82 bits per heavy atom. The molecule has 114 valence electrons. The Bertz CT molecular complexity index is 672. The molecule has 1 atom stereocenters. The molecule has 2 aromatic heterocycles. The molecule has 22 heavy (non-hydrogen) atoms. The molecule has 0 saturated carbocycles. The lowest BCUT2D eigenvalue weighted by atomic mass is 10.1. The molecular weight excluding hydrogens is 280 g/mol. The Hall–Kier alpha value is -2.34. The summed E-state index contributed by atoms with van der Waals surface area (Å²) in [5.41, 5.74) is 3.15. The number of hydrogen-bond acceptors (Lipinski definition) is 5. The van der Waals surface area contributed by atoms with E-state index in [1.54, 1.807) is 17.3 Å². The first-order valence-corrected chi connectivity index (χ1v) is 7.25. The summed E-state index contributed by atoms with van der Waals surface area (Å²) in [6.45, 7) is 5.37. The van der Waals surface area contributed by atoms with E-state index in [0.29, 0.717) is 25.4 Å². The molecule has 0 aromatic carbocycles. The Morgan fingerprint density at radius 2 is 2.09 bits per heavy atom. The molecule has 1 aliphatic rings. The fourth-order valence-corrected chi connectivity index (χ4v) is 2.47. The van der Waals surface area contributed by atoms with E-state index >= 15 is 0 Å². The van der Waals surface area contributed by atoms with Gasteiger partial charge in [0.15, 0.2) is 0 Å². The fraction of sp³-hybridized carbons (Fsp3) is 0.375. The van der Waals surface area contributed by atoms with Crippen LogP contribution < -0.4 is 0 Å². The first-order valence-electron chi connectivity index (χ1n) is 7.25. The quantitative estimate of drug-likeness (QED) is 0.844. The van der Waals surface area contributed by atoms with Crippen molar-refractivity contribution in [3.8, 4) is 0 Å². The van der Waals surface area contributed by atoms with Crippen molar-refractivity contribution in [3.05, 3.63) is 53.4 Å². The highest BCUT2D eigenvalue weighted by Crippen LogP contribution is 2.23. The zero-order valence-corrected chi connectivity index (χ0v) is 12.7. The van der Waals surface area contributed by atoms with Crippen molar-refractivity contribution in [2.75, 3.05) is 19.7 Å². The van der Waals surface area contributed by atoms with Crippen LogP contribution in [-0.4, -0.2) is 45.5 Å². The summed E-state index contributed by atoms with van der Waals surface area (Å²) in [7, 11) is 0. The van der Waals surface area contributed by atoms with Gasteiger partial charge in [0.25, 0.3) is 5.91 Å². The standard InChI is InChI=1S/C16H18N4O2/c1-11-7-13(3-4-17-11)15-10-20(5-6-22-15)16(21)14-9-18-12(2)8-19-14/h3-4,7-9,15H,5-6,10H2,1-2H3. The number of aryl methyl sites for hydroxylation is 2. The normalized spacial score (nSPS) is 18.3. The maximum absolute atomic E-state index is 12.5. The van der Waals surface area contributed by atoms with Gasteiger partial charge >= 0.3 is 0 Å². The molecule has 0 spiro atoms. The first kappa shape index (κ1) is 14.6. The average molecular weight is 298 g/mol. The number of carbonyl (C=O) groups excluding carboxylic acids is 1. The monoisotopic (exact) mass is 298 g/mol. The molecule has 6 nitrogen and oxygen atoms in total. The SMILES string of the molecule is Cc1cnc(C(=O)N2CCOC(c3ccnc(C)c3)C2)cn1. The third-order valence-electron chi connectivity index (χ3n) is 3.65. The van der Waals surface area contributed by atoms with Crippen LogP contribution in [0.5, 0.6) is 0 Å². The van der Waals surface area contributed by atoms with E-state index in [-0.39, 0.29) is 12.0 Å². The van der Waals surface area contributed by atoms with Crippen molar-refractivity contribution < 1.29 is 9.53 Å². The Kier molecular flexibility index (Phi) is 4.11. The molecular formula is C16H18N4O2. The Labute approximate surface area is 129 Å². The summed E-state index contributed by atoms with van der Waals surface area (Å²) in [6.07, 6.45) is 4.77. The van der Waals surface area contributed by atoms with Crippen molar-refractivity contribution in [2.45, 2.75) is 20.0 Å². The van der Waals surface area contributed by atoms with Gasteiger partial charge in [-0.1, -0.05) is 0 Å². The second-order valence-electron chi connectivity index (χ2n) is 5.38. The van der Waals surface area contributed by atoms with E-state index in [1.165, 1.54) is 6.20 Å². The fourth-order valence-electron chi connectivity index (χ4n) is 2.47. The van der Waals surface area contributed by atoms with Gasteiger partial charge in [0.2, 0.25) is 0 Å². The largest absolute Gasteiger partial charge is 0.370 e. The predicted molar refractivity (Wildman–Crippen MR) is 80.3 cm³/mol. The molecule has 6 heteroatoms. The van der Waals surface area contributed by atoms with Crippen molar-refractivity contribution >= 4 is 5.91 Å². The highest BCUT2D eigenvalue weighted by molar-refractivity contribution is 5.92. The van der Waals surface area contributed by atoms with Crippen LogP contribution in [-0.2, 0) is 4.74 Å². The molecule has 1 amide bonds. The van der Waals surface area contributed by atoms with Crippen LogP contribution >= 0.6 is 0 Å². The minimum Gasteiger partial charge on any atom is -0.370 e. The van der Waals surface area contributed by atoms with Crippen molar-refractivity contribution in [1.29, 1.82) is 0 Å². The lowest BCUT2D eigenvalue weighted by Crippen LogP contribution is -2.42. The highest BCUT2D eigenvalue weighted by atomic mass is 16.5. The van der Waals surface area contributed by atoms with Gasteiger partial charge in [-0.05, 0) is 31.5 Å². The van der Waals surface area contributed by atoms with Crippen LogP contribution in [0.1, 0.15) is 33.5 Å². The predicted octanol–water partition coefficient (Wildman–Crippen LogP) is 1.70. The molecule has 1 saturated heterocycles. The molecule has 3 rings (SSSR count). The third kappa shape index (κ3) is 3.12. The van der Waals surface area contributed by atoms with Crippen LogP contribution in [0.2, 0.25) is 0 Å². The number of morpholine rings is 1. The van der Waals surface area contributed by atoms with E-state index < -0.39 is 0 Å². The number of carbonyl (C=O) groups is 1. The van der Waals surface area contributed by atoms with E-state index in [0.717, 1.165) is 17.0 Å². The molecule has 0 bridgehead atoms. The van der Waals surface area contributed by atoms with E-state index in [2.05, 4.69) is 15.0 Å². The van der Waals surface area contributed by atoms with Crippen LogP contribution in [0.4, 0.5) is 0 Å². The lowest BCUT2D eigenvalue weighted by Gasteiger charge is -2.33. The number of hydrogen-bond donors (Lipinski definition) is 0. The summed E-state index contributed by atoms with van der Waals surface area (Å²) in [4.78, 5) is 26.8. The third-order valence-corrected chi connectivity index (χ3v) is 3.65. The Morgan fingerprint density at radius 1 is 1.23 bits per heavy atom. The second-order valence-corrected chi connectivity index (χ2v) is 5.38. The molecule has 1 fully saturated rings. The zero-order chi connectivity index (χ0) is 15.5. The van der Waals surface area contributed by atoms with Gasteiger partial charge in [0.1, 0.15) is 11.8 Å². The van der Waals surface area contributed by atoms with Gasteiger partial charge in [-0.3, -0.25) is 14.8 Å². The number of nitrogens with zero attached hydrogens (tertiary/aromatic N) is 4. The molecule has 3 heterocycles. The minimum atomic E-state index is -0.127. The number of amides is 1. The molecule has 1 aliphatic heterocycles. The maximum atomic E-state index is 12.5.